The predicted molar refractivity (Wildman–Crippen MR) is 65.5 cm³/mol. The van der Waals surface area contributed by atoms with E-state index in [0.29, 0.717) is 0 Å². The molecule has 0 bridgehead atoms. The number of halogens is 3. The summed E-state index contributed by atoms with van der Waals surface area (Å²) in [5.74, 6) is 0. The zero-order chi connectivity index (χ0) is 8.72. The van der Waals surface area contributed by atoms with Gasteiger partial charge in [0.05, 0.1) is 9.17 Å². The lowest BCUT2D eigenvalue weighted by Gasteiger charge is -1.97. The molecule has 0 atom stereocenters. The molecule has 1 aromatic carbocycles. The summed E-state index contributed by atoms with van der Waals surface area (Å²) in [6.07, 6.45) is 0. The lowest BCUT2D eigenvalue weighted by Crippen LogP contribution is -1.78. The molecule has 0 radical (unpaired) electrons. The number of aromatic nitrogens is 2. The van der Waals surface area contributed by atoms with Crippen LogP contribution < -0.4 is 0 Å². The van der Waals surface area contributed by atoms with Gasteiger partial charge in [0, 0.05) is 8.04 Å². The fraction of sp³-hybridized carbons (Fsp3) is 0. The van der Waals surface area contributed by atoms with Crippen LogP contribution in [0.2, 0.25) is 0 Å². The van der Waals surface area contributed by atoms with Crippen molar-refractivity contribution in [1.82, 2.24) is 9.59 Å². The first-order valence-electron chi connectivity index (χ1n) is 2.95. The van der Waals surface area contributed by atoms with Crippen LogP contribution in [0.4, 0.5) is 0 Å². The predicted octanol–water partition coefficient (Wildman–Crippen LogP) is 3.82. The lowest BCUT2D eigenvalue weighted by atomic mass is 10.3. The molecule has 0 aliphatic heterocycles. The van der Waals surface area contributed by atoms with E-state index in [4.69, 9.17) is 0 Å². The molecule has 2 aromatic rings. The van der Waals surface area contributed by atoms with Crippen molar-refractivity contribution < 1.29 is 0 Å². The van der Waals surface area contributed by atoms with E-state index in [2.05, 4.69) is 64.0 Å². The van der Waals surface area contributed by atoms with Crippen molar-refractivity contribution in [2.45, 2.75) is 0 Å². The van der Waals surface area contributed by atoms with Gasteiger partial charge in [-0.05, 0) is 72.0 Å². The minimum Gasteiger partial charge on any atom is -0.137 e. The first kappa shape index (κ1) is 9.29. The Hall–Kier alpha value is 0.730. The van der Waals surface area contributed by atoms with Crippen molar-refractivity contribution in [3.8, 4) is 0 Å². The third-order valence-corrected chi connectivity index (χ3v) is 5.40. The fourth-order valence-corrected chi connectivity index (χ4v) is 3.82. The summed E-state index contributed by atoms with van der Waals surface area (Å²) >= 11 is 10.6. The molecule has 1 heterocycles. The van der Waals surface area contributed by atoms with Gasteiger partial charge in [0.15, 0.2) is 0 Å². The number of nitrogens with zero attached hydrogens (tertiary/aromatic N) is 2. The average Bonchev–Trinajstić information content (AvgIpc) is 2.48. The smallest absolute Gasteiger partial charge is 0.121 e. The molecule has 0 fully saturated rings. The van der Waals surface area contributed by atoms with E-state index in [1.807, 2.05) is 6.07 Å². The van der Waals surface area contributed by atoms with E-state index in [-0.39, 0.29) is 0 Å². The van der Waals surface area contributed by atoms with Gasteiger partial charge < -0.3 is 0 Å². The number of rotatable bonds is 0. The second-order valence-corrected chi connectivity index (χ2v) is 5.67. The summed E-state index contributed by atoms with van der Waals surface area (Å²) in [5.41, 5.74) is 0.923. The molecule has 0 spiro atoms. The number of hydrogen-bond donors (Lipinski definition) is 0. The highest BCUT2D eigenvalue weighted by atomic mass is 127. The molecule has 0 saturated heterocycles. The Labute approximate surface area is 103 Å². The normalized spacial score (nSPS) is 10.9. The van der Waals surface area contributed by atoms with Gasteiger partial charge in [0.1, 0.15) is 5.52 Å². The van der Waals surface area contributed by atoms with Crippen LogP contribution in [-0.2, 0) is 0 Å². The maximum Gasteiger partial charge on any atom is 0.121 e. The highest BCUT2D eigenvalue weighted by Gasteiger charge is 2.10. The van der Waals surface area contributed by atoms with Gasteiger partial charge in [-0.3, -0.25) is 0 Å². The zero-order valence-corrected chi connectivity index (χ0v) is 11.7. The fourth-order valence-electron chi connectivity index (χ4n) is 0.842. The van der Waals surface area contributed by atoms with Crippen molar-refractivity contribution in [3.63, 3.8) is 0 Å². The van der Waals surface area contributed by atoms with Crippen molar-refractivity contribution in [1.29, 1.82) is 0 Å². The summed E-state index contributed by atoms with van der Waals surface area (Å²) in [6, 6.07) is 2.02. The van der Waals surface area contributed by atoms with Gasteiger partial charge in [0.25, 0.3) is 0 Å². The summed E-state index contributed by atoms with van der Waals surface area (Å²) in [7, 11) is 0. The zero-order valence-electron chi connectivity index (χ0n) is 5.51. The van der Waals surface area contributed by atoms with E-state index in [9.17, 15) is 0 Å². The van der Waals surface area contributed by atoms with Crippen molar-refractivity contribution in [3.05, 3.63) is 18.6 Å². The molecule has 1 aromatic heterocycles. The maximum atomic E-state index is 4.01. The van der Waals surface area contributed by atoms with Crippen LogP contribution in [0.1, 0.15) is 0 Å². The minimum atomic E-state index is 0.923. The average molecular weight is 420 g/mol. The molecule has 12 heavy (non-hydrogen) atoms. The lowest BCUT2D eigenvalue weighted by molar-refractivity contribution is 1.19. The van der Waals surface area contributed by atoms with Crippen LogP contribution in [0.3, 0.4) is 0 Å². The Morgan fingerprint density at radius 1 is 1.42 bits per heavy atom. The summed E-state index contributed by atoms with van der Waals surface area (Å²) in [4.78, 5) is 0. The van der Waals surface area contributed by atoms with Gasteiger partial charge in [-0.2, -0.15) is 0 Å². The molecule has 0 aliphatic carbocycles. The topological polar surface area (TPSA) is 25.8 Å². The Bertz CT molecular complexity index is 442. The highest BCUT2D eigenvalue weighted by molar-refractivity contribution is 14.1. The summed E-state index contributed by atoms with van der Waals surface area (Å²) in [5, 5.41) is 4.01. The number of benzene rings is 1. The van der Waals surface area contributed by atoms with Crippen molar-refractivity contribution in [2.24, 2.45) is 0 Å². The van der Waals surface area contributed by atoms with Gasteiger partial charge >= 0.3 is 0 Å². The molecule has 0 N–H and O–H groups in total. The molecule has 2 nitrogen and oxygen atoms in total. The first-order chi connectivity index (χ1) is 5.70. The third kappa shape index (κ3) is 1.42. The Kier molecular flexibility index (Phi) is 2.69. The SMILES string of the molecule is Brc1cc(I)c(Br)c2snnc12. The Balaban J connectivity index is 2.97. The summed E-state index contributed by atoms with van der Waals surface area (Å²) < 4.78 is 8.23. The van der Waals surface area contributed by atoms with Crippen LogP contribution in [0.15, 0.2) is 15.0 Å². The molecule has 0 amide bonds. The van der Waals surface area contributed by atoms with E-state index >= 15 is 0 Å². The van der Waals surface area contributed by atoms with E-state index in [0.717, 1.165) is 22.7 Å². The molecular weight excluding hydrogens is 419 g/mol. The molecular formula is C6HBr2IN2S. The second-order valence-electron chi connectivity index (χ2n) is 2.10. The largest absolute Gasteiger partial charge is 0.137 e. The second kappa shape index (κ2) is 3.47. The van der Waals surface area contributed by atoms with Crippen LogP contribution in [-0.4, -0.2) is 9.59 Å². The number of fused-ring (bicyclic) bond motifs is 1. The van der Waals surface area contributed by atoms with E-state index < -0.39 is 0 Å². The van der Waals surface area contributed by atoms with Gasteiger partial charge in [0.2, 0.25) is 0 Å². The van der Waals surface area contributed by atoms with Crippen molar-refractivity contribution in [2.75, 3.05) is 0 Å². The van der Waals surface area contributed by atoms with E-state index in [1.165, 1.54) is 11.5 Å². The molecule has 0 saturated carbocycles. The van der Waals surface area contributed by atoms with Crippen LogP contribution in [0.5, 0.6) is 0 Å². The van der Waals surface area contributed by atoms with Crippen LogP contribution >= 0.6 is 66.0 Å². The Morgan fingerprint density at radius 3 is 2.92 bits per heavy atom. The monoisotopic (exact) mass is 418 g/mol. The Morgan fingerprint density at radius 2 is 2.17 bits per heavy atom. The first-order valence-corrected chi connectivity index (χ1v) is 6.39. The standard InChI is InChI=1S/C6HBr2IN2S/c7-2-1-3(9)4(8)6-5(2)10-11-12-6/h1H. The highest BCUT2D eigenvalue weighted by Crippen LogP contribution is 2.34. The molecule has 0 aliphatic rings. The van der Waals surface area contributed by atoms with Crippen LogP contribution in [0, 0.1) is 3.57 Å². The molecule has 0 unspecified atom stereocenters. The van der Waals surface area contributed by atoms with Crippen LogP contribution in [0.25, 0.3) is 10.2 Å². The van der Waals surface area contributed by atoms with E-state index in [1.54, 1.807) is 0 Å². The third-order valence-electron chi connectivity index (χ3n) is 1.38. The van der Waals surface area contributed by atoms with Crippen molar-refractivity contribution >= 4 is 76.2 Å². The van der Waals surface area contributed by atoms with Gasteiger partial charge in [-0.25, -0.2) is 0 Å². The summed E-state index contributed by atoms with van der Waals surface area (Å²) in [6.45, 7) is 0. The molecule has 6 heteroatoms. The quantitative estimate of drug-likeness (QED) is 0.479. The molecule has 62 valence electrons. The van der Waals surface area contributed by atoms with Gasteiger partial charge in [-0.15, -0.1) is 5.10 Å². The maximum absolute atomic E-state index is 4.01. The number of hydrogen-bond acceptors (Lipinski definition) is 3. The van der Waals surface area contributed by atoms with Gasteiger partial charge in [-0.1, -0.05) is 4.49 Å². The minimum absolute atomic E-state index is 0.923. The molecule has 2 rings (SSSR count).